The number of piperidine rings is 1. The van der Waals surface area contributed by atoms with Crippen LogP contribution in [-0.4, -0.2) is 48.1 Å². The summed E-state index contributed by atoms with van der Waals surface area (Å²) in [6.45, 7) is 4.45. The number of halogens is 1. The maximum Gasteiger partial charge on any atom is 0.341 e. The molecule has 7 heteroatoms. The van der Waals surface area contributed by atoms with Gasteiger partial charge in [0.25, 0.3) is 0 Å². The number of likely N-dealkylation sites (tertiary alicyclic amines) is 1. The Kier molecular flexibility index (Phi) is 8.57. The highest BCUT2D eigenvalue weighted by molar-refractivity contribution is 5.95. The summed E-state index contributed by atoms with van der Waals surface area (Å²) < 4.78 is 4.99. The summed E-state index contributed by atoms with van der Waals surface area (Å²) in [5, 5.41) is 12.7. The molecule has 1 fully saturated rings. The number of carbonyl (C=O) groups is 2. The Balaban J connectivity index is 0.00000288. The largest absolute Gasteiger partial charge is 0.507 e. The minimum atomic E-state index is -0.560. The fourth-order valence-electron chi connectivity index (χ4n) is 2.58. The van der Waals surface area contributed by atoms with Gasteiger partial charge in [-0.25, -0.2) is 4.79 Å². The van der Waals surface area contributed by atoms with Crippen LogP contribution < -0.4 is 5.32 Å². The number of nitrogens with zero attached hydrogens (tertiary/aromatic N) is 1. The number of benzene rings is 1. The Morgan fingerprint density at radius 3 is 2.58 bits per heavy atom. The Hall–Kier alpha value is -1.79. The van der Waals surface area contributed by atoms with Crippen LogP contribution in [0.25, 0.3) is 0 Å². The maximum absolute atomic E-state index is 12.0. The zero-order valence-electron chi connectivity index (χ0n) is 13.9. The van der Waals surface area contributed by atoms with E-state index in [1.807, 2.05) is 6.92 Å². The van der Waals surface area contributed by atoms with Crippen LogP contribution in [0.1, 0.15) is 43.0 Å². The molecule has 0 radical (unpaired) electrons. The number of phenolic OH excluding ortho intramolecular Hbond substituents is 1. The predicted molar refractivity (Wildman–Crippen MR) is 94.8 cm³/mol. The molecule has 2 rings (SSSR count). The number of ether oxygens (including phenoxy) is 1. The van der Waals surface area contributed by atoms with E-state index in [4.69, 9.17) is 4.74 Å². The SMILES string of the molecule is CCCOC(=O)c1ccc(NC(=O)CN2CCCCC2)cc1O.Cl. The first-order valence-corrected chi connectivity index (χ1v) is 8.12. The number of phenols is 1. The molecule has 6 nitrogen and oxygen atoms in total. The standard InChI is InChI=1S/C17H24N2O4.ClH/c1-2-10-23-17(22)14-7-6-13(11-15(14)20)18-16(21)12-19-8-4-3-5-9-19;/h6-7,11,20H,2-5,8-10,12H2,1H3,(H,18,21);1H. The minimum absolute atomic E-state index is 0. The molecule has 1 aromatic carbocycles. The molecule has 134 valence electrons. The lowest BCUT2D eigenvalue weighted by molar-refractivity contribution is -0.117. The summed E-state index contributed by atoms with van der Waals surface area (Å²) in [6, 6.07) is 4.43. The van der Waals surface area contributed by atoms with Crippen molar-refractivity contribution in [3.63, 3.8) is 0 Å². The molecule has 0 aliphatic carbocycles. The van der Waals surface area contributed by atoms with Crippen LogP contribution in [0.15, 0.2) is 18.2 Å². The maximum atomic E-state index is 12.0. The van der Waals surface area contributed by atoms with Crippen molar-refractivity contribution >= 4 is 30.0 Å². The fourth-order valence-corrected chi connectivity index (χ4v) is 2.58. The quantitative estimate of drug-likeness (QED) is 0.766. The minimum Gasteiger partial charge on any atom is -0.507 e. The first-order valence-electron chi connectivity index (χ1n) is 8.12. The van der Waals surface area contributed by atoms with Crippen LogP contribution in [0.5, 0.6) is 5.75 Å². The van der Waals surface area contributed by atoms with E-state index in [9.17, 15) is 14.7 Å². The lowest BCUT2D eigenvalue weighted by atomic mass is 10.1. The third kappa shape index (κ3) is 6.02. The molecule has 1 aromatic rings. The third-order valence-corrected chi connectivity index (χ3v) is 3.75. The normalized spacial score (nSPS) is 14.5. The Morgan fingerprint density at radius 2 is 1.96 bits per heavy atom. The number of hydrogen-bond acceptors (Lipinski definition) is 5. The highest BCUT2D eigenvalue weighted by Crippen LogP contribution is 2.23. The highest BCUT2D eigenvalue weighted by atomic mass is 35.5. The third-order valence-electron chi connectivity index (χ3n) is 3.75. The second-order valence-electron chi connectivity index (χ2n) is 5.75. The molecule has 1 amide bonds. The van der Waals surface area contributed by atoms with Crippen molar-refractivity contribution in [3.05, 3.63) is 23.8 Å². The molecule has 1 heterocycles. The van der Waals surface area contributed by atoms with Gasteiger partial charge >= 0.3 is 5.97 Å². The second kappa shape index (κ2) is 10.2. The van der Waals surface area contributed by atoms with E-state index < -0.39 is 5.97 Å². The summed E-state index contributed by atoms with van der Waals surface area (Å²) in [7, 11) is 0. The van der Waals surface area contributed by atoms with Crippen LogP contribution in [-0.2, 0) is 9.53 Å². The van der Waals surface area contributed by atoms with Gasteiger partial charge in [0, 0.05) is 11.8 Å². The highest BCUT2D eigenvalue weighted by Gasteiger charge is 2.16. The zero-order chi connectivity index (χ0) is 16.7. The summed E-state index contributed by atoms with van der Waals surface area (Å²) >= 11 is 0. The summed E-state index contributed by atoms with van der Waals surface area (Å²) in [5.41, 5.74) is 0.573. The molecule has 0 spiro atoms. The fraction of sp³-hybridized carbons (Fsp3) is 0.529. The van der Waals surface area contributed by atoms with Gasteiger partial charge in [0.1, 0.15) is 11.3 Å². The summed E-state index contributed by atoms with van der Waals surface area (Å²) in [4.78, 5) is 25.9. The van der Waals surface area contributed by atoms with E-state index >= 15 is 0 Å². The van der Waals surface area contributed by atoms with Crippen molar-refractivity contribution in [2.24, 2.45) is 0 Å². The molecule has 0 bridgehead atoms. The number of amides is 1. The lowest BCUT2D eigenvalue weighted by Crippen LogP contribution is -2.36. The summed E-state index contributed by atoms with van der Waals surface area (Å²) in [5.74, 6) is -0.870. The van der Waals surface area contributed by atoms with Gasteiger partial charge in [-0.1, -0.05) is 13.3 Å². The van der Waals surface area contributed by atoms with Crippen molar-refractivity contribution in [1.29, 1.82) is 0 Å². The molecule has 0 aromatic heterocycles. The van der Waals surface area contributed by atoms with Gasteiger partial charge in [-0.15, -0.1) is 12.4 Å². The van der Waals surface area contributed by atoms with Gasteiger partial charge in [0.2, 0.25) is 5.91 Å². The number of aromatic hydroxyl groups is 1. The molecule has 0 atom stereocenters. The van der Waals surface area contributed by atoms with Crippen molar-refractivity contribution in [3.8, 4) is 5.75 Å². The zero-order valence-corrected chi connectivity index (χ0v) is 14.7. The Bertz CT molecular complexity index is 560. The first-order chi connectivity index (χ1) is 11.1. The molecule has 0 saturated carbocycles. The van der Waals surface area contributed by atoms with Crippen molar-refractivity contribution in [2.75, 3.05) is 31.6 Å². The van der Waals surface area contributed by atoms with Crippen molar-refractivity contribution in [2.45, 2.75) is 32.6 Å². The second-order valence-corrected chi connectivity index (χ2v) is 5.75. The van der Waals surface area contributed by atoms with E-state index in [1.54, 1.807) is 6.07 Å². The number of rotatable bonds is 6. The molecular weight excluding hydrogens is 332 g/mol. The van der Waals surface area contributed by atoms with E-state index in [2.05, 4.69) is 10.2 Å². The Labute approximate surface area is 148 Å². The van der Waals surface area contributed by atoms with Gasteiger partial charge in [-0.3, -0.25) is 9.69 Å². The average Bonchev–Trinajstić information content (AvgIpc) is 2.53. The van der Waals surface area contributed by atoms with Crippen molar-refractivity contribution < 1.29 is 19.4 Å². The van der Waals surface area contributed by atoms with Crippen LogP contribution in [0.2, 0.25) is 0 Å². The van der Waals surface area contributed by atoms with E-state index in [0.717, 1.165) is 32.4 Å². The predicted octanol–water partition coefficient (Wildman–Crippen LogP) is 2.81. The number of esters is 1. The van der Waals surface area contributed by atoms with Crippen LogP contribution in [0, 0.1) is 0 Å². The van der Waals surface area contributed by atoms with E-state index in [1.165, 1.54) is 18.6 Å². The van der Waals surface area contributed by atoms with Gasteiger partial charge < -0.3 is 15.2 Å². The van der Waals surface area contributed by atoms with Crippen LogP contribution >= 0.6 is 12.4 Å². The number of carbonyl (C=O) groups excluding carboxylic acids is 2. The van der Waals surface area contributed by atoms with Crippen molar-refractivity contribution in [1.82, 2.24) is 4.90 Å². The average molecular weight is 357 g/mol. The number of anilines is 1. The molecular formula is C17H25ClN2O4. The molecule has 1 saturated heterocycles. The lowest BCUT2D eigenvalue weighted by Gasteiger charge is -2.25. The van der Waals surface area contributed by atoms with Gasteiger partial charge in [-0.05, 0) is 44.5 Å². The topological polar surface area (TPSA) is 78.9 Å². The Morgan fingerprint density at radius 1 is 1.25 bits per heavy atom. The molecule has 0 unspecified atom stereocenters. The smallest absolute Gasteiger partial charge is 0.341 e. The van der Waals surface area contributed by atoms with Gasteiger partial charge in [0.05, 0.1) is 13.2 Å². The molecule has 2 N–H and O–H groups in total. The monoisotopic (exact) mass is 356 g/mol. The molecule has 24 heavy (non-hydrogen) atoms. The number of hydrogen-bond donors (Lipinski definition) is 2. The van der Waals surface area contributed by atoms with E-state index in [0.29, 0.717) is 18.8 Å². The molecule has 1 aliphatic rings. The van der Waals surface area contributed by atoms with Gasteiger partial charge in [0.15, 0.2) is 0 Å². The van der Waals surface area contributed by atoms with E-state index in [-0.39, 0.29) is 29.6 Å². The van der Waals surface area contributed by atoms with Gasteiger partial charge in [-0.2, -0.15) is 0 Å². The summed E-state index contributed by atoms with van der Waals surface area (Å²) in [6.07, 6.45) is 4.20. The number of nitrogens with one attached hydrogen (secondary N) is 1. The van der Waals surface area contributed by atoms with Crippen LogP contribution in [0.4, 0.5) is 5.69 Å². The first kappa shape index (κ1) is 20.3. The molecule has 1 aliphatic heterocycles. The van der Waals surface area contributed by atoms with Crippen LogP contribution in [0.3, 0.4) is 0 Å².